The van der Waals surface area contributed by atoms with Crippen LogP contribution in [0, 0.1) is 20.8 Å². The summed E-state index contributed by atoms with van der Waals surface area (Å²) in [7, 11) is 1.87. The minimum atomic E-state index is -0.0351. The zero-order valence-corrected chi connectivity index (χ0v) is 12.9. The van der Waals surface area contributed by atoms with Crippen molar-refractivity contribution in [2.75, 3.05) is 18.9 Å². The number of aryl methyl sites for hydroxylation is 3. The highest BCUT2D eigenvalue weighted by atomic mass is 16.5. The topological polar surface area (TPSA) is 58.4 Å². The van der Waals surface area contributed by atoms with Crippen LogP contribution >= 0.6 is 0 Å². The van der Waals surface area contributed by atoms with Crippen LogP contribution < -0.4 is 5.32 Å². The molecule has 0 atom stereocenters. The second-order valence-electron chi connectivity index (χ2n) is 5.47. The lowest BCUT2D eigenvalue weighted by molar-refractivity contribution is -0.117. The van der Waals surface area contributed by atoms with Crippen molar-refractivity contribution in [1.29, 1.82) is 0 Å². The number of rotatable bonds is 5. The Morgan fingerprint density at radius 1 is 1.29 bits per heavy atom. The molecule has 1 N–H and O–H groups in total. The summed E-state index contributed by atoms with van der Waals surface area (Å²) in [6, 6.07) is 5.93. The third-order valence-electron chi connectivity index (χ3n) is 3.27. The SMILES string of the molecule is Cc1cc(C)c(NC(=O)CN(C)Cc2ccno2)c(C)c1. The van der Waals surface area contributed by atoms with Crippen LogP contribution in [0.1, 0.15) is 22.5 Å². The van der Waals surface area contributed by atoms with Crippen molar-refractivity contribution >= 4 is 11.6 Å². The molecule has 1 aromatic carbocycles. The average Bonchev–Trinajstić information content (AvgIpc) is 2.86. The zero-order chi connectivity index (χ0) is 15.4. The number of likely N-dealkylation sites (N-methyl/N-ethyl adjacent to an activating group) is 1. The smallest absolute Gasteiger partial charge is 0.238 e. The van der Waals surface area contributed by atoms with Crippen LogP contribution in [0.4, 0.5) is 5.69 Å². The van der Waals surface area contributed by atoms with Crippen LogP contribution in [0.15, 0.2) is 28.9 Å². The Hall–Kier alpha value is -2.14. The lowest BCUT2D eigenvalue weighted by Gasteiger charge is -2.17. The fourth-order valence-corrected chi connectivity index (χ4v) is 2.45. The Morgan fingerprint density at radius 3 is 2.52 bits per heavy atom. The van der Waals surface area contributed by atoms with Crippen molar-refractivity contribution in [3.8, 4) is 0 Å². The first-order valence-electron chi connectivity index (χ1n) is 6.91. The first kappa shape index (κ1) is 15.3. The van der Waals surface area contributed by atoms with Gasteiger partial charge in [0.1, 0.15) is 0 Å². The number of carbonyl (C=O) groups is 1. The number of anilines is 1. The second-order valence-corrected chi connectivity index (χ2v) is 5.47. The molecule has 2 rings (SSSR count). The summed E-state index contributed by atoms with van der Waals surface area (Å²) in [6.45, 7) is 6.92. The highest BCUT2D eigenvalue weighted by molar-refractivity contribution is 5.93. The molecule has 21 heavy (non-hydrogen) atoms. The number of amides is 1. The predicted octanol–water partition coefficient (Wildman–Crippen LogP) is 2.67. The van der Waals surface area contributed by atoms with Gasteiger partial charge in [-0.1, -0.05) is 22.9 Å². The van der Waals surface area contributed by atoms with Gasteiger partial charge in [-0.05, 0) is 38.9 Å². The molecule has 5 heteroatoms. The Morgan fingerprint density at radius 2 is 1.95 bits per heavy atom. The van der Waals surface area contributed by atoms with Crippen LogP contribution in [0.5, 0.6) is 0 Å². The second kappa shape index (κ2) is 6.54. The van der Waals surface area contributed by atoms with Gasteiger partial charge in [0.05, 0.1) is 19.3 Å². The lowest BCUT2D eigenvalue weighted by Crippen LogP contribution is -2.30. The molecule has 0 saturated heterocycles. The maximum atomic E-state index is 12.1. The molecule has 0 bridgehead atoms. The van der Waals surface area contributed by atoms with E-state index in [0.29, 0.717) is 13.1 Å². The third kappa shape index (κ3) is 4.16. The monoisotopic (exact) mass is 287 g/mol. The predicted molar refractivity (Wildman–Crippen MR) is 82.1 cm³/mol. The molecule has 0 fully saturated rings. The van der Waals surface area contributed by atoms with Crippen LogP contribution in [0.3, 0.4) is 0 Å². The van der Waals surface area contributed by atoms with Gasteiger partial charge in [0.2, 0.25) is 5.91 Å². The van der Waals surface area contributed by atoms with E-state index in [1.54, 1.807) is 12.3 Å². The summed E-state index contributed by atoms with van der Waals surface area (Å²) in [5, 5.41) is 6.64. The maximum Gasteiger partial charge on any atom is 0.238 e. The van der Waals surface area contributed by atoms with E-state index in [1.165, 1.54) is 5.56 Å². The molecular weight excluding hydrogens is 266 g/mol. The highest BCUT2D eigenvalue weighted by Crippen LogP contribution is 2.21. The van der Waals surface area contributed by atoms with Gasteiger partial charge in [-0.2, -0.15) is 0 Å². The van der Waals surface area contributed by atoms with Gasteiger partial charge in [0, 0.05) is 11.8 Å². The van der Waals surface area contributed by atoms with Gasteiger partial charge < -0.3 is 9.84 Å². The maximum absolute atomic E-state index is 12.1. The number of benzene rings is 1. The Balaban J connectivity index is 1.95. The van der Waals surface area contributed by atoms with Crippen LogP contribution in [-0.2, 0) is 11.3 Å². The number of hydrogen-bond donors (Lipinski definition) is 1. The van der Waals surface area contributed by atoms with Crippen molar-refractivity contribution in [3.63, 3.8) is 0 Å². The van der Waals surface area contributed by atoms with E-state index in [0.717, 1.165) is 22.6 Å². The summed E-state index contributed by atoms with van der Waals surface area (Å²) in [4.78, 5) is 14.0. The standard InChI is InChI=1S/C16H21N3O2/c1-11-7-12(2)16(13(3)8-11)18-15(20)10-19(4)9-14-5-6-17-21-14/h5-8H,9-10H2,1-4H3,(H,18,20). The summed E-state index contributed by atoms with van der Waals surface area (Å²) in [5.74, 6) is 0.708. The largest absolute Gasteiger partial charge is 0.360 e. The van der Waals surface area contributed by atoms with E-state index >= 15 is 0 Å². The normalized spacial score (nSPS) is 10.9. The number of aromatic nitrogens is 1. The van der Waals surface area contributed by atoms with Crippen molar-refractivity contribution in [2.24, 2.45) is 0 Å². The van der Waals surface area contributed by atoms with Gasteiger partial charge in [0.25, 0.3) is 0 Å². The minimum absolute atomic E-state index is 0.0351. The van der Waals surface area contributed by atoms with Crippen LogP contribution in [0.25, 0.3) is 0 Å². The molecule has 2 aromatic rings. The molecule has 0 unspecified atom stereocenters. The fourth-order valence-electron chi connectivity index (χ4n) is 2.45. The van der Waals surface area contributed by atoms with Gasteiger partial charge in [-0.25, -0.2) is 0 Å². The molecule has 112 valence electrons. The highest BCUT2D eigenvalue weighted by Gasteiger charge is 2.12. The van der Waals surface area contributed by atoms with E-state index in [9.17, 15) is 4.79 Å². The van der Waals surface area contributed by atoms with Crippen molar-refractivity contribution in [3.05, 3.63) is 46.8 Å². The van der Waals surface area contributed by atoms with Gasteiger partial charge >= 0.3 is 0 Å². The molecule has 0 aliphatic heterocycles. The van der Waals surface area contributed by atoms with Gasteiger partial charge in [-0.3, -0.25) is 9.69 Å². The summed E-state index contributed by atoms with van der Waals surface area (Å²) < 4.78 is 5.03. The molecule has 1 aromatic heterocycles. The first-order valence-corrected chi connectivity index (χ1v) is 6.91. The number of carbonyl (C=O) groups excluding carboxylic acids is 1. The molecule has 0 aliphatic carbocycles. The lowest BCUT2D eigenvalue weighted by atomic mass is 10.1. The molecule has 5 nitrogen and oxygen atoms in total. The molecule has 1 heterocycles. The number of nitrogens with one attached hydrogen (secondary N) is 1. The molecule has 0 radical (unpaired) electrons. The van der Waals surface area contributed by atoms with Crippen molar-refractivity contribution < 1.29 is 9.32 Å². The van der Waals surface area contributed by atoms with E-state index in [4.69, 9.17) is 4.52 Å². The van der Waals surface area contributed by atoms with E-state index in [1.807, 2.05) is 25.8 Å². The van der Waals surface area contributed by atoms with Crippen molar-refractivity contribution in [2.45, 2.75) is 27.3 Å². The summed E-state index contributed by atoms with van der Waals surface area (Å²) in [5.41, 5.74) is 4.27. The summed E-state index contributed by atoms with van der Waals surface area (Å²) >= 11 is 0. The molecule has 1 amide bonds. The minimum Gasteiger partial charge on any atom is -0.360 e. The first-order chi connectivity index (χ1) is 9.95. The average molecular weight is 287 g/mol. The van der Waals surface area contributed by atoms with Crippen LogP contribution in [-0.4, -0.2) is 29.6 Å². The Kier molecular flexibility index (Phi) is 4.75. The zero-order valence-electron chi connectivity index (χ0n) is 12.9. The van der Waals surface area contributed by atoms with E-state index in [-0.39, 0.29) is 5.91 Å². The van der Waals surface area contributed by atoms with E-state index in [2.05, 4.69) is 29.5 Å². The molecule has 0 aliphatic rings. The van der Waals surface area contributed by atoms with E-state index < -0.39 is 0 Å². The molecule has 0 spiro atoms. The fraction of sp³-hybridized carbons (Fsp3) is 0.375. The van der Waals surface area contributed by atoms with Gasteiger partial charge in [0.15, 0.2) is 5.76 Å². The Labute approximate surface area is 124 Å². The molecule has 0 saturated carbocycles. The summed E-state index contributed by atoms with van der Waals surface area (Å²) in [6.07, 6.45) is 1.60. The van der Waals surface area contributed by atoms with Crippen LogP contribution in [0.2, 0.25) is 0 Å². The molecular formula is C16H21N3O2. The Bertz CT molecular complexity index is 597. The quantitative estimate of drug-likeness (QED) is 0.918. The third-order valence-corrected chi connectivity index (χ3v) is 3.27. The number of nitrogens with zero attached hydrogens (tertiary/aromatic N) is 2. The van der Waals surface area contributed by atoms with Gasteiger partial charge in [-0.15, -0.1) is 0 Å². The number of hydrogen-bond acceptors (Lipinski definition) is 4. The van der Waals surface area contributed by atoms with Crippen molar-refractivity contribution in [1.82, 2.24) is 10.1 Å².